The number of anilines is 1. The highest BCUT2D eigenvalue weighted by atomic mass is 16.6. The van der Waals surface area contributed by atoms with E-state index in [0.717, 1.165) is 0 Å². The average molecular weight is 283 g/mol. The molecule has 1 rings (SSSR count). The SMILES string of the molecule is CCc1nn(C)c(NCCC(=O)NC(C)C)c1[N+](=O)[O-]. The Kier molecular flexibility index (Phi) is 5.48. The van der Waals surface area contributed by atoms with Gasteiger partial charge in [-0.15, -0.1) is 0 Å². The number of carbonyl (C=O) groups is 1. The molecule has 0 fully saturated rings. The Balaban J connectivity index is 2.71. The van der Waals surface area contributed by atoms with Gasteiger partial charge in [0.25, 0.3) is 0 Å². The molecular weight excluding hydrogens is 262 g/mol. The van der Waals surface area contributed by atoms with Gasteiger partial charge in [-0.3, -0.25) is 14.9 Å². The van der Waals surface area contributed by atoms with Crippen molar-refractivity contribution in [2.45, 2.75) is 39.7 Å². The minimum atomic E-state index is -0.442. The van der Waals surface area contributed by atoms with Crippen molar-refractivity contribution in [2.24, 2.45) is 7.05 Å². The Labute approximate surface area is 117 Å². The molecule has 0 atom stereocenters. The summed E-state index contributed by atoms with van der Waals surface area (Å²) in [5.74, 6) is 0.247. The molecule has 2 N–H and O–H groups in total. The second-order valence-corrected chi connectivity index (χ2v) is 4.78. The van der Waals surface area contributed by atoms with Crippen LogP contribution in [0.4, 0.5) is 11.5 Å². The van der Waals surface area contributed by atoms with Crippen LogP contribution in [0.25, 0.3) is 0 Å². The van der Waals surface area contributed by atoms with Crippen molar-refractivity contribution in [1.29, 1.82) is 0 Å². The number of hydrogen-bond acceptors (Lipinski definition) is 5. The van der Waals surface area contributed by atoms with Crippen LogP contribution in [0.1, 0.15) is 32.9 Å². The lowest BCUT2D eigenvalue weighted by atomic mass is 10.3. The van der Waals surface area contributed by atoms with Crippen molar-refractivity contribution in [3.63, 3.8) is 0 Å². The van der Waals surface area contributed by atoms with Crippen molar-refractivity contribution in [2.75, 3.05) is 11.9 Å². The fourth-order valence-corrected chi connectivity index (χ4v) is 1.89. The van der Waals surface area contributed by atoms with E-state index >= 15 is 0 Å². The first-order valence-corrected chi connectivity index (χ1v) is 6.60. The highest BCUT2D eigenvalue weighted by Crippen LogP contribution is 2.28. The molecule has 0 saturated heterocycles. The van der Waals surface area contributed by atoms with Gasteiger partial charge in [-0.25, -0.2) is 4.68 Å². The summed E-state index contributed by atoms with van der Waals surface area (Å²) in [6.45, 7) is 5.90. The largest absolute Gasteiger partial charge is 0.364 e. The molecule has 0 radical (unpaired) electrons. The zero-order chi connectivity index (χ0) is 15.3. The molecule has 0 aliphatic carbocycles. The molecule has 0 spiro atoms. The van der Waals surface area contributed by atoms with Gasteiger partial charge in [-0.05, 0) is 20.3 Å². The average Bonchev–Trinajstić information content (AvgIpc) is 2.65. The maximum absolute atomic E-state index is 11.5. The van der Waals surface area contributed by atoms with Gasteiger partial charge in [-0.2, -0.15) is 5.10 Å². The third kappa shape index (κ3) is 3.94. The fraction of sp³-hybridized carbons (Fsp3) is 0.667. The molecule has 1 aromatic rings. The number of aryl methyl sites for hydroxylation is 2. The summed E-state index contributed by atoms with van der Waals surface area (Å²) in [7, 11) is 1.64. The normalized spacial score (nSPS) is 10.7. The summed E-state index contributed by atoms with van der Waals surface area (Å²) >= 11 is 0. The van der Waals surface area contributed by atoms with Crippen LogP contribution in [-0.4, -0.2) is 33.2 Å². The summed E-state index contributed by atoms with van der Waals surface area (Å²) in [4.78, 5) is 22.1. The molecule has 0 saturated carbocycles. The highest BCUT2D eigenvalue weighted by molar-refractivity contribution is 5.76. The monoisotopic (exact) mass is 283 g/mol. The van der Waals surface area contributed by atoms with Crippen LogP contribution in [-0.2, 0) is 18.3 Å². The lowest BCUT2D eigenvalue weighted by Gasteiger charge is -2.09. The molecule has 0 aliphatic heterocycles. The minimum Gasteiger partial charge on any atom is -0.364 e. The minimum absolute atomic E-state index is 0.0146. The van der Waals surface area contributed by atoms with Crippen LogP contribution in [0, 0.1) is 10.1 Å². The van der Waals surface area contributed by atoms with Crippen LogP contribution < -0.4 is 10.6 Å². The molecule has 112 valence electrons. The maximum Gasteiger partial charge on any atom is 0.333 e. The van der Waals surface area contributed by atoms with Crippen molar-refractivity contribution in [3.05, 3.63) is 15.8 Å². The first-order valence-electron chi connectivity index (χ1n) is 6.60. The van der Waals surface area contributed by atoms with Gasteiger partial charge in [0.2, 0.25) is 11.7 Å². The molecule has 0 aliphatic rings. The lowest BCUT2D eigenvalue weighted by molar-refractivity contribution is -0.384. The quantitative estimate of drug-likeness (QED) is 0.578. The molecule has 8 heteroatoms. The lowest BCUT2D eigenvalue weighted by Crippen LogP contribution is -2.31. The molecule has 0 unspecified atom stereocenters. The van der Waals surface area contributed by atoms with E-state index in [-0.39, 0.29) is 24.1 Å². The number of carbonyl (C=O) groups excluding carboxylic acids is 1. The van der Waals surface area contributed by atoms with Gasteiger partial charge in [0, 0.05) is 26.1 Å². The second kappa shape index (κ2) is 6.88. The smallest absolute Gasteiger partial charge is 0.333 e. The van der Waals surface area contributed by atoms with Crippen LogP contribution >= 0.6 is 0 Å². The Morgan fingerprint density at radius 2 is 2.15 bits per heavy atom. The number of rotatable bonds is 7. The highest BCUT2D eigenvalue weighted by Gasteiger charge is 2.25. The van der Waals surface area contributed by atoms with E-state index in [9.17, 15) is 14.9 Å². The maximum atomic E-state index is 11.5. The van der Waals surface area contributed by atoms with E-state index < -0.39 is 4.92 Å². The molecule has 8 nitrogen and oxygen atoms in total. The van der Waals surface area contributed by atoms with E-state index in [2.05, 4.69) is 15.7 Å². The Bertz CT molecular complexity index is 496. The molecular formula is C12H21N5O3. The second-order valence-electron chi connectivity index (χ2n) is 4.78. The molecule has 0 aromatic carbocycles. The number of amides is 1. The first kappa shape index (κ1) is 15.9. The van der Waals surface area contributed by atoms with Crippen molar-refractivity contribution >= 4 is 17.4 Å². The fourth-order valence-electron chi connectivity index (χ4n) is 1.89. The molecule has 1 aromatic heterocycles. The standard InChI is InChI=1S/C12H21N5O3/c1-5-9-11(17(19)20)12(16(4)15-9)13-7-6-10(18)14-8(2)3/h8,13H,5-7H2,1-4H3,(H,14,18). The van der Waals surface area contributed by atoms with Crippen LogP contribution in [0.2, 0.25) is 0 Å². The van der Waals surface area contributed by atoms with Gasteiger partial charge in [0.15, 0.2) is 0 Å². The molecule has 20 heavy (non-hydrogen) atoms. The van der Waals surface area contributed by atoms with Gasteiger partial charge in [0.05, 0.1) is 4.92 Å². The van der Waals surface area contributed by atoms with Crippen LogP contribution in [0.15, 0.2) is 0 Å². The van der Waals surface area contributed by atoms with Gasteiger partial charge < -0.3 is 10.6 Å². The van der Waals surface area contributed by atoms with Crippen molar-refractivity contribution < 1.29 is 9.72 Å². The predicted molar refractivity (Wildman–Crippen MR) is 75.6 cm³/mol. The summed E-state index contributed by atoms with van der Waals surface area (Å²) in [6, 6.07) is 0.0835. The number of hydrogen-bond donors (Lipinski definition) is 2. The summed E-state index contributed by atoms with van der Waals surface area (Å²) in [5.41, 5.74) is 0.422. The van der Waals surface area contributed by atoms with Gasteiger partial charge >= 0.3 is 5.69 Å². The van der Waals surface area contributed by atoms with Crippen LogP contribution in [0.5, 0.6) is 0 Å². The van der Waals surface area contributed by atoms with E-state index in [1.54, 1.807) is 7.05 Å². The molecule has 0 bridgehead atoms. The Hall–Kier alpha value is -2.12. The van der Waals surface area contributed by atoms with Crippen LogP contribution in [0.3, 0.4) is 0 Å². The van der Waals surface area contributed by atoms with Crippen molar-refractivity contribution in [1.82, 2.24) is 15.1 Å². The van der Waals surface area contributed by atoms with E-state index in [1.165, 1.54) is 4.68 Å². The zero-order valence-corrected chi connectivity index (χ0v) is 12.3. The number of aromatic nitrogens is 2. The van der Waals surface area contributed by atoms with E-state index in [4.69, 9.17) is 0 Å². The van der Waals surface area contributed by atoms with Gasteiger partial charge in [0.1, 0.15) is 5.69 Å². The molecule has 1 heterocycles. The predicted octanol–water partition coefficient (Wildman–Crippen LogP) is 1.22. The summed E-state index contributed by atoms with van der Waals surface area (Å²) < 4.78 is 1.44. The Morgan fingerprint density at radius 1 is 1.50 bits per heavy atom. The summed E-state index contributed by atoms with van der Waals surface area (Å²) in [5, 5.41) is 20.9. The first-order chi connectivity index (χ1) is 9.36. The number of nitro groups is 1. The van der Waals surface area contributed by atoms with E-state index in [1.807, 2.05) is 20.8 Å². The van der Waals surface area contributed by atoms with E-state index in [0.29, 0.717) is 24.5 Å². The number of nitrogens with zero attached hydrogens (tertiary/aromatic N) is 3. The molecule has 1 amide bonds. The summed E-state index contributed by atoms with van der Waals surface area (Å²) in [6.07, 6.45) is 0.738. The zero-order valence-electron chi connectivity index (χ0n) is 12.3. The third-order valence-corrected chi connectivity index (χ3v) is 2.70. The van der Waals surface area contributed by atoms with Crippen molar-refractivity contribution in [3.8, 4) is 0 Å². The Morgan fingerprint density at radius 3 is 2.65 bits per heavy atom. The number of nitrogens with one attached hydrogen (secondary N) is 2. The third-order valence-electron chi connectivity index (χ3n) is 2.70. The topological polar surface area (TPSA) is 102 Å². The van der Waals surface area contributed by atoms with Gasteiger partial charge in [-0.1, -0.05) is 6.92 Å².